The summed E-state index contributed by atoms with van der Waals surface area (Å²) in [5.41, 5.74) is -1.27. The Balaban J connectivity index is 1.58. The highest BCUT2D eigenvalue weighted by Gasteiger charge is 2.57. The number of unbranched alkanes of at least 4 members (excludes halogenated alkanes) is 7. The predicted octanol–water partition coefficient (Wildman–Crippen LogP) is 2.30. The van der Waals surface area contributed by atoms with E-state index >= 15 is 0 Å². The summed E-state index contributed by atoms with van der Waals surface area (Å²) in [6.45, 7) is 2.49. The van der Waals surface area contributed by atoms with Crippen LogP contribution < -0.4 is 10.1 Å². The minimum atomic E-state index is -2.04. The van der Waals surface area contributed by atoms with Crippen LogP contribution in [-0.2, 0) is 11.2 Å². The van der Waals surface area contributed by atoms with Gasteiger partial charge in [-0.2, -0.15) is 0 Å². The Morgan fingerprint density at radius 3 is 2.71 bits per heavy atom. The molecule has 8 heteroatoms. The van der Waals surface area contributed by atoms with Crippen LogP contribution in [-0.4, -0.2) is 81.8 Å². The normalized spacial score (nSPS) is 32.6. The molecule has 0 bridgehead atoms. The molecule has 2 heterocycles. The summed E-state index contributed by atoms with van der Waals surface area (Å²) in [7, 11) is 0. The first kappa shape index (κ1) is 26.5. The first-order valence-electron chi connectivity index (χ1n) is 13.7. The summed E-state index contributed by atoms with van der Waals surface area (Å²) >= 11 is 0. The van der Waals surface area contributed by atoms with Gasteiger partial charge < -0.3 is 35.2 Å². The largest absolute Gasteiger partial charge is 0.465 e. The molecule has 2 saturated heterocycles. The summed E-state index contributed by atoms with van der Waals surface area (Å²) in [6.07, 6.45) is 7.59. The average molecular weight is 494 g/mol. The Kier molecular flexibility index (Phi) is 10.8. The molecule has 0 radical (unpaired) electrons. The van der Waals surface area contributed by atoms with Gasteiger partial charge in [0.15, 0.2) is 12.0 Å². The van der Waals surface area contributed by atoms with Crippen LogP contribution in [0.2, 0.25) is 0 Å². The Labute approximate surface area is 211 Å². The predicted molar refractivity (Wildman–Crippen MR) is 135 cm³/mol. The number of aliphatic hydroxyl groups is 4. The number of rotatable bonds is 13. The van der Waals surface area contributed by atoms with E-state index in [0.29, 0.717) is 18.8 Å². The summed E-state index contributed by atoms with van der Waals surface area (Å²) in [5.74, 6) is 0.629. The minimum Gasteiger partial charge on any atom is -0.465 e. The fourth-order valence-corrected chi connectivity index (χ4v) is 4.77. The fraction of sp³-hybridized carbons (Fsp3) is 0.704. The standard InChI is InChI=1S/C27H44N2O6/c1-2-3-4-5-6-7-8-9-10-18-34-22-13-11-12-21(19-22)20-23-27(33,29-16-14-28-15-17-29)25(31)24(30)26(32)35-23/h10-13,18-19,23-26,28,30-33H,2-9,14-17,20H2,1H3/t23-,24-,25-,26?,27+/m1/s1/i16D/t16?,23-,24-,25-,26?,27+. The molecule has 0 aliphatic carbocycles. The van der Waals surface area contributed by atoms with Gasteiger partial charge >= 0.3 is 0 Å². The molecule has 2 fully saturated rings. The van der Waals surface area contributed by atoms with Crippen LogP contribution in [0.5, 0.6) is 5.75 Å². The lowest BCUT2D eigenvalue weighted by molar-refractivity contribution is -0.352. The summed E-state index contributed by atoms with van der Waals surface area (Å²) < 4.78 is 19.7. The smallest absolute Gasteiger partial charge is 0.184 e. The zero-order chi connectivity index (χ0) is 26.0. The average Bonchev–Trinajstić information content (AvgIpc) is 2.87. The molecule has 2 aliphatic rings. The van der Waals surface area contributed by atoms with Gasteiger partial charge in [0.1, 0.15) is 24.1 Å². The third kappa shape index (κ3) is 7.73. The molecule has 35 heavy (non-hydrogen) atoms. The van der Waals surface area contributed by atoms with Crippen LogP contribution in [0.3, 0.4) is 0 Å². The lowest BCUT2D eigenvalue weighted by Gasteiger charge is -2.53. The van der Waals surface area contributed by atoms with Crippen molar-refractivity contribution < 1.29 is 31.3 Å². The maximum absolute atomic E-state index is 11.6. The number of benzene rings is 1. The Morgan fingerprint density at radius 1 is 1.17 bits per heavy atom. The number of aliphatic hydroxyl groups excluding tert-OH is 3. The number of nitrogens with one attached hydrogen (secondary N) is 1. The van der Waals surface area contributed by atoms with Crippen LogP contribution in [0.15, 0.2) is 36.6 Å². The van der Waals surface area contributed by atoms with Crippen LogP contribution in [0.4, 0.5) is 0 Å². The third-order valence-corrected chi connectivity index (χ3v) is 6.87. The molecule has 198 valence electrons. The molecule has 0 spiro atoms. The summed E-state index contributed by atoms with van der Waals surface area (Å²) in [5, 5.41) is 45.8. The molecule has 1 aromatic carbocycles. The molecule has 2 aliphatic heterocycles. The van der Waals surface area contributed by atoms with E-state index in [1.807, 2.05) is 30.3 Å². The molecule has 0 saturated carbocycles. The lowest BCUT2D eigenvalue weighted by Crippen LogP contribution is -2.74. The molecule has 6 atom stereocenters. The van der Waals surface area contributed by atoms with Crippen molar-refractivity contribution in [3.8, 4) is 5.75 Å². The van der Waals surface area contributed by atoms with Crippen molar-refractivity contribution in [3.63, 3.8) is 0 Å². The highest BCUT2D eigenvalue weighted by atomic mass is 16.6. The van der Waals surface area contributed by atoms with Crippen LogP contribution >= 0.6 is 0 Å². The van der Waals surface area contributed by atoms with Gasteiger partial charge in [-0.3, -0.25) is 4.90 Å². The number of piperazine rings is 1. The van der Waals surface area contributed by atoms with E-state index in [-0.39, 0.29) is 13.0 Å². The molecule has 0 amide bonds. The first-order valence-corrected chi connectivity index (χ1v) is 13.1. The van der Waals surface area contributed by atoms with E-state index in [9.17, 15) is 20.4 Å². The zero-order valence-corrected chi connectivity index (χ0v) is 20.9. The van der Waals surface area contributed by atoms with Gasteiger partial charge in [0.05, 0.1) is 6.26 Å². The van der Waals surface area contributed by atoms with Gasteiger partial charge in [0, 0.05) is 33.9 Å². The van der Waals surface area contributed by atoms with Crippen molar-refractivity contribution in [1.29, 1.82) is 0 Å². The van der Waals surface area contributed by atoms with Crippen molar-refractivity contribution in [3.05, 3.63) is 42.2 Å². The van der Waals surface area contributed by atoms with Crippen LogP contribution in [0, 0.1) is 0 Å². The Bertz CT molecular complexity index is 814. The SMILES string of the molecule is [2H]C1CNCCN1[C@@]1(O)[C@H](O)[C@@H](O)C(O)O[C@@H]1Cc1cccc(OC=CCCCCCCCCC)c1. The van der Waals surface area contributed by atoms with Crippen molar-refractivity contribution >= 4 is 0 Å². The topological polar surface area (TPSA) is 115 Å². The number of ether oxygens (including phenoxy) is 2. The number of allylic oxidation sites excluding steroid dienone is 1. The molecular weight excluding hydrogens is 448 g/mol. The van der Waals surface area contributed by atoms with Gasteiger partial charge in [0.2, 0.25) is 0 Å². The second-order valence-corrected chi connectivity index (χ2v) is 9.57. The summed E-state index contributed by atoms with van der Waals surface area (Å²) in [4.78, 5) is 1.43. The molecule has 0 aromatic heterocycles. The van der Waals surface area contributed by atoms with E-state index < -0.39 is 36.8 Å². The number of nitrogens with zero attached hydrogens (tertiary/aromatic N) is 1. The minimum absolute atomic E-state index is 0.146. The van der Waals surface area contributed by atoms with Gasteiger partial charge in [0.25, 0.3) is 0 Å². The molecule has 3 rings (SSSR count). The van der Waals surface area contributed by atoms with Gasteiger partial charge in [-0.15, -0.1) is 0 Å². The second-order valence-electron chi connectivity index (χ2n) is 9.57. The van der Waals surface area contributed by atoms with Crippen molar-refractivity contribution in [2.45, 2.75) is 95.0 Å². The van der Waals surface area contributed by atoms with Gasteiger partial charge in [-0.25, -0.2) is 0 Å². The highest BCUT2D eigenvalue weighted by Crippen LogP contribution is 2.35. The van der Waals surface area contributed by atoms with Gasteiger partial charge in [-0.1, -0.05) is 57.6 Å². The molecule has 5 N–H and O–H groups in total. The van der Waals surface area contributed by atoms with Crippen LogP contribution in [0.25, 0.3) is 0 Å². The Morgan fingerprint density at radius 2 is 1.94 bits per heavy atom. The maximum Gasteiger partial charge on any atom is 0.184 e. The number of hydrogen-bond donors (Lipinski definition) is 5. The monoisotopic (exact) mass is 493 g/mol. The maximum atomic E-state index is 11.6. The van der Waals surface area contributed by atoms with Crippen molar-refractivity contribution in [2.75, 3.05) is 26.2 Å². The van der Waals surface area contributed by atoms with E-state index in [2.05, 4.69) is 12.2 Å². The van der Waals surface area contributed by atoms with Crippen molar-refractivity contribution in [1.82, 2.24) is 10.2 Å². The Hall–Kier alpha value is -1.52. The summed E-state index contributed by atoms with van der Waals surface area (Å²) in [6, 6.07) is 7.33. The molecular formula is C27H44N2O6. The highest BCUT2D eigenvalue weighted by molar-refractivity contribution is 5.30. The fourth-order valence-electron chi connectivity index (χ4n) is 4.77. The molecule has 1 aromatic rings. The molecule has 2 unspecified atom stereocenters. The van der Waals surface area contributed by atoms with Crippen molar-refractivity contribution in [2.24, 2.45) is 0 Å². The van der Waals surface area contributed by atoms with Crippen LogP contribution in [0.1, 0.15) is 65.2 Å². The van der Waals surface area contributed by atoms with E-state index in [4.69, 9.17) is 10.8 Å². The van der Waals surface area contributed by atoms with Gasteiger partial charge in [-0.05, 0) is 36.6 Å². The van der Waals surface area contributed by atoms with E-state index in [0.717, 1.165) is 18.4 Å². The first-order chi connectivity index (χ1) is 17.4. The molecule has 8 nitrogen and oxygen atoms in total. The third-order valence-electron chi connectivity index (χ3n) is 6.87. The number of hydrogen-bond acceptors (Lipinski definition) is 8. The quantitative estimate of drug-likeness (QED) is 0.210. The second kappa shape index (κ2) is 14.3. The zero-order valence-electron chi connectivity index (χ0n) is 21.9. The lowest BCUT2D eigenvalue weighted by atomic mass is 9.86. The van der Waals surface area contributed by atoms with E-state index in [1.165, 1.54) is 43.4 Å². The van der Waals surface area contributed by atoms with E-state index in [1.54, 1.807) is 6.26 Å².